The summed E-state index contributed by atoms with van der Waals surface area (Å²) in [5.41, 5.74) is -1.14. The van der Waals surface area contributed by atoms with Gasteiger partial charge in [0.2, 0.25) is 0 Å². The van der Waals surface area contributed by atoms with Crippen LogP contribution < -0.4 is 5.32 Å². The molecule has 10 heteroatoms. The fourth-order valence-electron chi connectivity index (χ4n) is 2.12. The fraction of sp³-hybridized carbons (Fsp3) is 0.308. The molecule has 0 aromatic carbocycles. The monoisotopic (exact) mass is 365 g/mol. The van der Waals surface area contributed by atoms with E-state index in [1.165, 1.54) is 25.3 Å². The fourth-order valence-corrected chi connectivity index (χ4v) is 2.67. The first kappa shape index (κ1) is 17.4. The smallest absolute Gasteiger partial charge is 0.314 e. The van der Waals surface area contributed by atoms with Crippen molar-refractivity contribution in [1.29, 1.82) is 0 Å². The summed E-state index contributed by atoms with van der Waals surface area (Å²) < 4.78 is 26.9. The van der Waals surface area contributed by atoms with Gasteiger partial charge in [0.25, 0.3) is 12.3 Å². The number of rotatable bonds is 4. The van der Waals surface area contributed by atoms with Crippen molar-refractivity contribution in [2.75, 3.05) is 0 Å². The topological polar surface area (TPSA) is 84.2 Å². The van der Waals surface area contributed by atoms with Crippen molar-refractivity contribution in [3.63, 3.8) is 0 Å². The lowest BCUT2D eigenvalue weighted by atomic mass is 9.93. The quantitative estimate of drug-likeness (QED) is 0.633. The van der Waals surface area contributed by atoms with Gasteiger partial charge in [-0.05, 0) is 6.08 Å². The lowest BCUT2D eigenvalue weighted by Gasteiger charge is -2.33. The Morgan fingerprint density at radius 1 is 1.52 bits per heavy atom. The van der Waals surface area contributed by atoms with Crippen LogP contribution in [-0.2, 0) is 11.8 Å². The predicted molar refractivity (Wildman–Crippen MR) is 78.4 cm³/mol. The number of amides is 1. The molecular formula is C13H11Cl2F2N3O3. The maximum atomic E-state index is 12.9. The zero-order valence-corrected chi connectivity index (χ0v) is 13.1. The van der Waals surface area contributed by atoms with Crippen LogP contribution in [-0.4, -0.2) is 31.8 Å². The molecule has 23 heavy (non-hydrogen) atoms. The summed E-state index contributed by atoms with van der Waals surface area (Å²) in [4.78, 5) is 21.6. The van der Waals surface area contributed by atoms with Gasteiger partial charge < -0.3 is 10.4 Å². The predicted octanol–water partition coefficient (Wildman–Crippen LogP) is 2.42. The molecule has 0 radical (unpaired) electrons. The summed E-state index contributed by atoms with van der Waals surface area (Å²) in [5, 5.41) is 14.8. The summed E-state index contributed by atoms with van der Waals surface area (Å²) in [6.45, 7) is 0. The van der Waals surface area contributed by atoms with Crippen LogP contribution in [0.2, 0.25) is 0 Å². The molecule has 1 aliphatic carbocycles. The van der Waals surface area contributed by atoms with Crippen molar-refractivity contribution in [3.05, 3.63) is 40.7 Å². The third kappa shape index (κ3) is 3.23. The Hall–Kier alpha value is -1.93. The molecule has 0 aliphatic heterocycles. The van der Waals surface area contributed by atoms with E-state index in [-0.39, 0.29) is 5.03 Å². The van der Waals surface area contributed by atoms with Crippen molar-refractivity contribution in [3.8, 4) is 0 Å². The Balaban J connectivity index is 2.36. The minimum atomic E-state index is -2.98. The number of alkyl halides is 3. The molecular weight excluding hydrogens is 355 g/mol. The highest BCUT2D eigenvalue weighted by Crippen LogP contribution is 2.38. The normalized spacial score (nSPS) is 23.7. The van der Waals surface area contributed by atoms with Gasteiger partial charge in [0, 0.05) is 13.2 Å². The van der Waals surface area contributed by atoms with E-state index in [4.69, 9.17) is 23.2 Å². The third-order valence-corrected chi connectivity index (χ3v) is 4.25. The number of aliphatic carboxylic acids is 1. The van der Waals surface area contributed by atoms with Gasteiger partial charge in [0.05, 0.1) is 10.6 Å². The van der Waals surface area contributed by atoms with Gasteiger partial charge >= 0.3 is 5.97 Å². The van der Waals surface area contributed by atoms with Crippen LogP contribution in [0.4, 0.5) is 8.78 Å². The molecule has 2 rings (SSSR count). The lowest BCUT2D eigenvalue weighted by molar-refractivity contribution is -0.140. The van der Waals surface area contributed by atoms with Crippen LogP contribution in [0.25, 0.3) is 0 Å². The van der Waals surface area contributed by atoms with E-state index < -0.39 is 40.5 Å². The van der Waals surface area contributed by atoms with E-state index in [2.05, 4.69) is 10.4 Å². The van der Waals surface area contributed by atoms with Gasteiger partial charge in [-0.25, -0.2) is 8.78 Å². The summed E-state index contributed by atoms with van der Waals surface area (Å²) in [6, 6.07) is 0. The maximum Gasteiger partial charge on any atom is 0.314 e. The number of carboxylic acid groups (broad SMARTS) is 1. The van der Waals surface area contributed by atoms with E-state index >= 15 is 0 Å². The van der Waals surface area contributed by atoms with Crippen LogP contribution in [0.5, 0.6) is 0 Å². The standard InChI is InChI=1S/C13H11Cl2F2N3O3/c1-20-5-6(9(19-20)10(16)17)11(21)18-13(15)7(12(22)23)3-2-4-8(13)14/h2-5,7,10H,1H3,(H,18,21)(H,22,23)/t7-,13?/m0/s1. The van der Waals surface area contributed by atoms with Crippen molar-refractivity contribution in [1.82, 2.24) is 15.1 Å². The van der Waals surface area contributed by atoms with Crippen LogP contribution in [0.15, 0.2) is 29.5 Å². The maximum absolute atomic E-state index is 12.9. The highest BCUT2D eigenvalue weighted by atomic mass is 35.5. The van der Waals surface area contributed by atoms with Crippen molar-refractivity contribution in [2.24, 2.45) is 13.0 Å². The van der Waals surface area contributed by atoms with Crippen molar-refractivity contribution >= 4 is 35.1 Å². The SMILES string of the molecule is Cn1cc(C(=O)NC2(Cl)C(Cl)=CC=C[C@H]2C(=O)O)c(C(F)F)n1. The highest BCUT2D eigenvalue weighted by molar-refractivity contribution is 6.41. The third-order valence-electron chi connectivity index (χ3n) is 3.19. The Kier molecular flexibility index (Phi) is 4.76. The van der Waals surface area contributed by atoms with E-state index in [0.717, 1.165) is 10.9 Å². The molecule has 1 amide bonds. The van der Waals surface area contributed by atoms with Crippen molar-refractivity contribution in [2.45, 2.75) is 11.4 Å². The summed E-state index contributed by atoms with van der Waals surface area (Å²) in [5.74, 6) is -3.70. The number of hydrogen-bond donors (Lipinski definition) is 2. The van der Waals surface area contributed by atoms with Gasteiger partial charge in [-0.2, -0.15) is 5.10 Å². The molecule has 1 aliphatic rings. The molecule has 124 valence electrons. The molecule has 2 atom stereocenters. The molecule has 0 bridgehead atoms. The number of aryl methyl sites for hydroxylation is 1. The second kappa shape index (κ2) is 6.29. The molecule has 0 spiro atoms. The van der Waals surface area contributed by atoms with Crippen LogP contribution >= 0.6 is 23.2 Å². The minimum Gasteiger partial charge on any atom is -0.481 e. The largest absolute Gasteiger partial charge is 0.481 e. The second-order valence-electron chi connectivity index (χ2n) is 4.78. The van der Waals surface area contributed by atoms with Gasteiger partial charge in [-0.3, -0.25) is 14.3 Å². The first-order valence-corrected chi connectivity index (χ1v) is 7.02. The Bertz CT molecular complexity index is 717. The first-order chi connectivity index (χ1) is 10.7. The second-order valence-corrected chi connectivity index (χ2v) is 5.79. The average molecular weight is 366 g/mol. The lowest BCUT2D eigenvalue weighted by Crippen LogP contribution is -2.52. The number of carboxylic acids is 1. The number of halogens is 4. The molecule has 6 nitrogen and oxygen atoms in total. The number of nitrogens with one attached hydrogen (secondary N) is 1. The van der Waals surface area contributed by atoms with Gasteiger partial charge in [-0.15, -0.1) is 0 Å². The molecule has 1 unspecified atom stereocenters. The number of carbonyl (C=O) groups excluding carboxylic acids is 1. The summed E-state index contributed by atoms with van der Waals surface area (Å²) in [6.07, 6.45) is 2.03. The first-order valence-electron chi connectivity index (χ1n) is 6.27. The number of hydrogen-bond acceptors (Lipinski definition) is 3. The number of carbonyl (C=O) groups is 2. The number of nitrogens with zero attached hydrogens (tertiary/aromatic N) is 2. The molecule has 2 N–H and O–H groups in total. The summed E-state index contributed by atoms with van der Waals surface area (Å²) >= 11 is 12.1. The molecule has 1 aromatic heterocycles. The van der Waals surface area contributed by atoms with Gasteiger partial charge in [0.15, 0.2) is 5.00 Å². The Labute approximate surface area is 139 Å². The molecule has 0 saturated heterocycles. The van der Waals surface area contributed by atoms with Crippen LogP contribution in [0.1, 0.15) is 22.5 Å². The van der Waals surface area contributed by atoms with Crippen molar-refractivity contribution < 1.29 is 23.5 Å². The zero-order valence-electron chi connectivity index (χ0n) is 11.6. The van der Waals surface area contributed by atoms with Crippen LogP contribution in [0, 0.1) is 5.92 Å². The minimum absolute atomic E-state index is 0.148. The van der Waals surface area contributed by atoms with E-state index in [9.17, 15) is 23.5 Å². The van der Waals surface area contributed by atoms with E-state index in [1.54, 1.807) is 0 Å². The Morgan fingerprint density at radius 2 is 2.17 bits per heavy atom. The molecule has 0 saturated carbocycles. The molecule has 1 aromatic rings. The van der Waals surface area contributed by atoms with Crippen LogP contribution in [0.3, 0.4) is 0 Å². The molecule has 1 heterocycles. The van der Waals surface area contributed by atoms with E-state index in [0.29, 0.717) is 0 Å². The zero-order chi connectivity index (χ0) is 17.4. The van der Waals surface area contributed by atoms with Gasteiger partial charge in [-0.1, -0.05) is 35.4 Å². The summed E-state index contributed by atoms with van der Waals surface area (Å²) in [7, 11) is 1.37. The number of aromatic nitrogens is 2. The molecule has 0 fully saturated rings. The Morgan fingerprint density at radius 3 is 2.74 bits per heavy atom. The van der Waals surface area contributed by atoms with E-state index in [1.807, 2.05) is 0 Å². The average Bonchev–Trinajstić information content (AvgIpc) is 2.84. The highest BCUT2D eigenvalue weighted by Gasteiger charge is 2.46. The number of allylic oxidation sites excluding steroid dienone is 2. The van der Waals surface area contributed by atoms with Gasteiger partial charge in [0.1, 0.15) is 11.6 Å².